The summed E-state index contributed by atoms with van der Waals surface area (Å²) >= 11 is 0. The van der Waals surface area contributed by atoms with E-state index in [2.05, 4.69) is 10.2 Å². The molecule has 4 rings (SSSR count). The Morgan fingerprint density at radius 3 is 2.77 bits per heavy atom. The molecule has 1 aliphatic heterocycles. The lowest BCUT2D eigenvalue weighted by atomic mass is 10.2. The molecule has 1 amide bonds. The van der Waals surface area contributed by atoms with Crippen LogP contribution in [-0.2, 0) is 4.74 Å². The van der Waals surface area contributed by atoms with Gasteiger partial charge < -0.3 is 18.9 Å². The minimum absolute atomic E-state index is 0.0761. The number of carbonyl (C=O) groups excluding carboxylic acids is 1. The summed E-state index contributed by atoms with van der Waals surface area (Å²) in [5, 5.41) is 3.58. The molecule has 0 unspecified atom stereocenters. The van der Waals surface area contributed by atoms with Crippen LogP contribution in [0, 0.1) is 0 Å². The summed E-state index contributed by atoms with van der Waals surface area (Å²) in [5.74, 6) is -0.184. The van der Waals surface area contributed by atoms with Crippen LogP contribution >= 0.6 is 0 Å². The maximum absolute atomic E-state index is 12.5. The molecule has 3 aromatic rings. The molecule has 0 aliphatic carbocycles. The van der Waals surface area contributed by atoms with Crippen LogP contribution in [0.3, 0.4) is 0 Å². The Balaban J connectivity index is 1.43. The number of hydrogen-bond donors (Lipinski definition) is 1. The number of rotatable bonds is 5. The predicted octanol–water partition coefficient (Wildman–Crippen LogP) is 1.99. The lowest BCUT2D eigenvalue weighted by Gasteiger charge is -2.26. The lowest BCUT2D eigenvalue weighted by molar-refractivity contribution is 0.0374. The Bertz CT molecular complexity index is 984. The lowest BCUT2D eigenvalue weighted by Crippen LogP contribution is -2.38. The van der Waals surface area contributed by atoms with Crippen LogP contribution in [0.4, 0.5) is 0 Å². The quantitative estimate of drug-likeness (QED) is 0.704. The molecule has 1 aliphatic rings. The Labute approximate surface area is 149 Å². The van der Waals surface area contributed by atoms with E-state index in [-0.39, 0.29) is 28.3 Å². The van der Waals surface area contributed by atoms with E-state index in [1.54, 1.807) is 24.3 Å². The molecule has 0 bridgehead atoms. The number of nitrogens with zero attached hydrogens (tertiary/aromatic N) is 1. The molecule has 0 saturated carbocycles. The number of carbonyl (C=O) groups is 1. The summed E-state index contributed by atoms with van der Waals surface area (Å²) in [4.78, 5) is 27.1. The average Bonchev–Trinajstić information content (AvgIpc) is 3.11. The highest BCUT2D eigenvalue weighted by Gasteiger charge is 2.17. The van der Waals surface area contributed by atoms with E-state index >= 15 is 0 Å². The maximum atomic E-state index is 12.5. The molecule has 1 N–H and O–H groups in total. The highest BCUT2D eigenvalue weighted by molar-refractivity contribution is 5.97. The molecule has 7 nitrogen and oxygen atoms in total. The van der Waals surface area contributed by atoms with Crippen molar-refractivity contribution in [1.82, 2.24) is 10.2 Å². The van der Waals surface area contributed by atoms with E-state index in [0.29, 0.717) is 17.5 Å². The van der Waals surface area contributed by atoms with Gasteiger partial charge in [-0.05, 0) is 25.1 Å². The molecule has 2 aromatic heterocycles. The van der Waals surface area contributed by atoms with Crippen molar-refractivity contribution in [2.45, 2.75) is 6.42 Å². The smallest absolute Gasteiger partial charge is 0.302 e. The standard InChI is InChI=1S/C19H20N2O5/c22-17-13-4-1-2-5-15(13)25-19-14(17)12-16(26-19)18(23)20-6-3-7-21-8-10-24-11-9-21/h1-2,4-5,12H,3,6-11H2,(H,20,23). The third kappa shape index (κ3) is 3.36. The minimum atomic E-state index is -0.346. The summed E-state index contributed by atoms with van der Waals surface area (Å²) in [6.07, 6.45) is 0.840. The molecule has 0 radical (unpaired) electrons. The monoisotopic (exact) mass is 356 g/mol. The first-order valence-corrected chi connectivity index (χ1v) is 8.76. The van der Waals surface area contributed by atoms with Crippen molar-refractivity contribution < 1.29 is 18.4 Å². The number of amides is 1. The topological polar surface area (TPSA) is 84.9 Å². The normalized spacial score (nSPS) is 15.5. The summed E-state index contributed by atoms with van der Waals surface area (Å²) in [6, 6.07) is 8.39. The van der Waals surface area contributed by atoms with Crippen LogP contribution in [0.15, 0.2) is 44.0 Å². The van der Waals surface area contributed by atoms with Gasteiger partial charge in [0.05, 0.1) is 18.6 Å². The SMILES string of the molecule is O=C(NCCCN1CCOCC1)c1cc2c(=O)c3ccccc3oc2o1. The second-order valence-corrected chi connectivity index (χ2v) is 6.30. The van der Waals surface area contributed by atoms with Crippen molar-refractivity contribution >= 4 is 28.0 Å². The molecule has 1 saturated heterocycles. The third-order valence-corrected chi connectivity index (χ3v) is 4.54. The van der Waals surface area contributed by atoms with Crippen molar-refractivity contribution in [3.8, 4) is 0 Å². The zero-order valence-electron chi connectivity index (χ0n) is 14.3. The van der Waals surface area contributed by atoms with Crippen LogP contribution in [-0.4, -0.2) is 50.2 Å². The van der Waals surface area contributed by atoms with Crippen LogP contribution < -0.4 is 10.7 Å². The number of para-hydroxylation sites is 1. The Hall–Kier alpha value is -2.64. The molecule has 26 heavy (non-hydrogen) atoms. The number of benzene rings is 1. The van der Waals surface area contributed by atoms with Gasteiger partial charge in [-0.2, -0.15) is 0 Å². The van der Waals surface area contributed by atoms with Gasteiger partial charge >= 0.3 is 5.78 Å². The Morgan fingerprint density at radius 2 is 1.92 bits per heavy atom. The van der Waals surface area contributed by atoms with Crippen LogP contribution in [0.1, 0.15) is 17.0 Å². The summed E-state index contributed by atoms with van der Waals surface area (Å²) in [5.41, 5.74) is 0.244. The maximum Gasteiger partial charge on any atom is 0.302 e. The fourth-order valence-corrected chi connectivity index (χ4v) is 3.12. The zero-order chi connectivity index (χ0) is 17.9. The van der Waals surface area contributed by atoms with Gasteiger partial charge in [0.2, 0.25) is 5.43 Å². The minimum Gasteiger partial charge on any atom is -0.425 e. The number of fused-ring (bicyclic) bond motifs is 2. The number of nitrogens with one attached hydrogen (secondary N) is 1. The van der Waals surface area contributed by atoms with Crippen LogP contribution in [0.25, 0.3) is 22.1 Å². The number of furan rings is 1. The Morgan fingerprint density at radius 1 is 1.12 bits per heavy atom. The van der Waals surface area contributed by atoms with Gasteiger partial charge in [-0.25, -0.2) is 0 Å². The fraction of sp³-hybridized carbons (Fsp3) is 0.368. The van der Waals surface area contributed by atoms with Gasteiger partial charge in [-0.3, -0.25) is 14.5 Å². The first-order chi connectivity index (χ1) is 12.7. The van der Waals surface area contributed by atoms with Crippen molar-refractivity contribution in [3.05, 3.63) is 46.3 Å². The van der Waals surface area contributed by atoms with E-state index < -0.39 is 0 Å². The zero-order valence-corrected chi connectivity index (χ0v) is 14.3. The summed E-state index contributed by atoms with van der Waals surface area (Å²) in [7, 11) is 0. The van der Waals surface area contributed by atoms with Gasteiger partial charge in [-0.15, -0.1) is 0 Å². The summed E-state index contributed by atoms with van der Waals surface area (Å²) in [6.45, 7) is 4.84. The molecule has 1 aromatic carbocycles. The average molecular weight is 356 g/mol. The molecule has 7 heteroatoms. The highest BCUT2D eigenvalue weighted by Crippen LogP contribution is 2.21. The molecular formula is C19H20N2O5. The van der Waals surface area contributed by atoms with Gasteiger partial charge in [0.15, 0.2) is 5.76 Å². The fourth-order valence-electron chi connectivity index (χ4n) is 3.12. The largest absolute Gasteiger partial charge is 0.425 e. The Kier molecular flexibility index (Phi) is 4.73. The van der Waals surface area contributed by atoms with E-state index in [4.69, 9.17) is 13.6 Å². The number of morpholine rings is 1. The number of hydrogen-bond acceptors (Lipinski definition) is 6. The van der Waals surface area contributed by atoms with Crippen molar-refractivity contribution in [3.63, 3.8) is 0 Å². The third-order valence-electron chi connectivity index (χ3n) is 4.54. The van der Waals surface area contributed by atoms with Gasteiger partial charge in [0.1, 0.15) is 11.0 Å². The van der Waals surface area contributed by atoms with Crippen molar-refractivity contribution in [1.29, 1.82) is 0 Å². The number of ether oxygens (including phenoxy) is 1. The molecule has 0 spiro atoms. The van der Waals surface area contributed by atoms with E-state index in [1.807, 2.05) is 0 Å². The second kappa shape index (κ2) is 7.31. The summed E-state index contributed by atoms with van der Waals surface area (Å²) < 4.78 is 16.4. The van der Waals surface area contributed by atoms with Gasteiger partial charge in [0, 0.05) is 25.7 Å². The second-order valence-electron chi connectivity index (χ2n) is 6.30. The van der Waals surface area contributed by atoms with Crippen LogP contribution in [0.2, 0.25) is 0 Å². The molecule has 3 heterocycles. The first kappa shape index (κ1) is 16.8. The van der Waals surface area contributed by atoms with E-state index in [9.17, 15) is 9.59 Å². The molecule has 1 fully saturated rings. The van der Waals surface area contributed by atoms with Crippen molar-refractivity contribution in [2.24, 2.45) is 0 Å². The van der Waals surface area contributed by atoms with E-state index in [1.165, 1.54) is 6.07 Å². The van der Waals surface area contributed by atoms with E-state index in [0.717, 1.165) is 39.3 Å². The molecule has 0 atom stereocenters. The molecule has 136 valence electrons. The van der Waals surface area contributed by atoms with Gasteiger partial charge in [-0.1, -0.05) is 12.1 Å². The molecular weight excluding hydrogens is 336 g/mol. The van der Waals surface area contributed by atoms with Crippen molar-refractivity contribution in [2.75, 3.05) is 39.4 Å². The predicted molar refractivity (Wildman–Crippen MR) is 96.5 cm³/mol. The first-order valence-electron chi connectivity index (χ1n) is 8.76. The van der Waals surface area contributed by atoms with Gasteiger partial charge in [0.25, 0.3) is 5.91 Å². The highest BCUT2D eigenvalue weighted by atomic mass is 16.5. The van der Waals surface area contributed by atoms with Crippen LogP contribution in [0.5, 0.6) is 0 Å².